The fraction of sp³-hybridized carbons (Fsp3) is 0.375. The Morgan fingerprint density at radius 1 is 1.33 bits per heavy atom. The Balaban J connectivity index is 3.06. The number of hydrogen-bond donors (Lipinski definition) is 2. The minimum absolute atomic E-state index is 0.0623. The van der Waals surface area contributed by atoms with Crippen LogP contribution in [-0.4, -0.2) is 24.1 Å². The van der Waals surface area contributed by atoms with Crippen molar-refractivity contribution in [2.45, 2.75) is 6.18 Å². The maximum atomic E-state index is 12.4. The molecule has 1 rings (SSSR count). The van der Waals surface area contributed by atoms with Gasteiger partial charge in [-0.25, -0.2) is 9.99 Å². The van der Waals surface area contributed by atoms with Gasteiger partial charge in [-0.1, -0.05) is 0 Å². The van der Waals surface area contributed by atoms with E-state index in [1.165, 1.54) is 5.01 Å². The largest absolute Gasteiger partial charge is 0.416 e. The molecular formula is C8H11F3N4. The van der Waals surface area contributed by atoms with Crippen LogP contribution in [-0.2, 0) is 6.18 Å². The number of nitrogens with two attached hydrogens (primary N) is 1. The van der Waals surface area contributed by atoms with Crippen molar-refractivity contribution in [1.82, 2.24) is 9.99 Å². The Hall–Kier alpha value is -1.50. The van der Waals surface area contributed by atoms with Crippen molar-refractivity contribution in [1.29, 1.82) is 0 Å². The van der Waals surface area contributed by atoms with Gasteiger partial charge < -0.3 is 11.2 Å². The van der Waals surface area contributed by atoms with Gasteiger partial charge in [-0.15, -0.1) is 0 Å². The number of nitrogens with zero attached hydrogens (tertiary/aromatic N) is 2. The molecule has 3 N–H and O–H groups in total. The smallest absolute Gasteiger partial charge is 0.384 e. The summed E-state index contributed by atoms with van der Waals surface area (Å²) in [5, 5.41) is 1.47. The third-order valence-corrected chi connectivity index (χ3v) is 1.51. The molecule has 0 spiro atoms. The zero-order valence-electron chi connectivity index (χ0n) is 8.26. The molecule has 0 atom stereocenters. The van der Waals surface area contributed by atoms with E-state index in [9.17, 15) is 13.2 Å². The van der Waals surface area contributed by atoms with Gasteiger partial charge in [-0.3, -0.25) is 0 Å². The van der Waals surface area contributed by atoms with Gasteiger partial charge in [0.25, 0.3) is 0 Å². The number of aromatic nitrogens is 1. The van der Waals surface area contributed by atoms with Gasteiger partial charge in [0.15, 0.2) is 0 Å². The summed E-state index contributed by atoms with van der Waals surface area (Å²) >= 11 is 0. The minimum atomic E-state index is -4.42. The molecule has 1 heterocycles. The summed E-state index contributed by atoms with van der Waals surface area (Å²) in [6, 6.07) is 1.69. The van der Waals surface area contributed by atoms with Gasteiger partial charge in [-0.05, 0) is 12.1 Å². The summed E-state index contributed by atoms with van der Waals surface area (Å²) in [4.78, 5) is 3.71. The standard InChI is InChI=1S/C8H11F3N4/c1-15(2)14-7-4-5(8(9,10)11)3-6(12)13-7/h3-4H,1-2H3,(H3,12,13,14). The number of nitrogen functional groups attached to an aromatic ring is 1. The Morgan fingerprint density at radius 3 is 2.40 bits per heavy atom. The highest BCUT2D eigenvalue weighted by Gasteiger charge is 2.31. The first-order valence-electron chi connectivity index (χ1n) is 4.08. The molecular weight excluding hydrogens is 209 g/mol. The van der Waals surface area contributed by atoms with E-state index in [1.54, 1.807) is 14.1 Å². The second kappa shape index (κ2) is 3.93. The highest BCUT2D eigenvalue weighted by atomic mass is 19.4. The molecule has 0 radical (unpaired) electrons. The van der Waals surface area contributed by atoms with E-state index in [-0.39, 0.29) is 11.6 Å². The normalized spacial score (nSPS) is 11.9. The maximum absolute atomic E-state index is 12.4. The Morgan fingerprint density at radius 2 is 1.93 bits per heavy atom. The van der Waals surface area contributed by atoms with Gasteiger partial charge in [0.05, 0.1) is 5.56 Å². The van der Waals surface area contributed by atoms with Crippen molar-refractivity contribution < 1.29 is 13.2 Å². The molecule has 0 aliphatic rings. The molecule has 4 nitrogen and oxygen atoms in total. The van der Waals surface area contributed by atoms with Crippen LogP contribution in [0, 0.1) is 0 Å². The van der Waals surface area contributed by atoms with E-state index in [1.807, 2.05) is 0 Å². The number of hydrazine groups is 1. The quantitative estimate of drug-likeness (QED) is 0.743. The van der Waals surface area contributed by atoms with Gasteiger partial charge in [0.2, 0.25) is 0 Å². The van der Waals surface area contributed by atoms with Gasteiger partial charge >= 0.3 is 6.18 Å². The highest BCUT2D eigenvalue weighted by Crippen LogP contribution is 2.31. The lowest BCUT2D eigenvalue weighted by Crippen LogP contribution is -2.21. The van der Waals surface area contributed by atoms with Crippen molar-refractivity contribution in [3.05, 3.63) is 17.7 Å². The summed E-state index contributed by atoms with van der Waals surface area (Å²) in [5.74, 6) is -0.110. The summed E-state index contributed by atoms with van der Waals surface area (Å²) < 4.78 is 37.1. The Bertz CT molecular complexity index is 348. The zero-order chi connectivity index (χ0) is 11.6. The fourth-order valence-electron chi connectivity index (χ4n) is 1.00. The molecule has 0 saturated heterocycles. The first-order valence-corrected chi connectivity index (χ1v) is 4.08. The minimum Gasteiger partial charge on any atom is -0.384 e. The topological polar surface area (TPSA) is 54.2 Å². The summed E-state index contributed by atoms with van der Waals surface area (Å²) in [7, 11) is 3.27. The van der Waals surface area contributed by atoms with E-state index < -0.39 is 11.7 Å². The fourth-order valence-corrected chi connectivity index (χ4v) is 1.00. The Labute approximate surface area is 84.9 Å². The third kappa shape index (κ3) is 3.28. The van der Waals surface area contributed by atoms with E-state index in [4.69, 9.17) is 5.73 Å². The number of alkyl halides is 3. The molecule has 0 aliphatic carbocycles. The van der Waals surface area contributed by atoms with E-state index in [2.05, 4.69) is 10.4 Å². The summed E-state index contributed by atoms with van der Waals surface area (Å²) in [6.07, 6.45) is -4.42. The molecule has 0 aromatic carbocycles. The van der Waals surface area contributed by atoms with E-state index >= 15 is 0 Å². The molecule has 84 valence electrons. The molecule has 0 amide bonds. The monoisotopic (exact) mass is 220 g/mol. The van der Waals surface area contributed by atoms with Crippen molar-refractivity contribution in [2.24, 2.45) is 0 Å². The van der Waals surface area contributed by atoms with Gasteiger partial charge in [0, 0.05) is 14.1 Å². The van der Waals surface area contributed by atoms with E-state index in [0.29, 0.717) is 0 Å². The van der Waals surface area contributed by atoms with Gasteiger partial charge in [-0.2, -0.15) is 13.2 Å². The van der Waals surface area contributed by atoms with Crippen molar-refractivity contribution in [2.75, 3.05) is 25.3 Å². The average Bonchev–Trinajstić information content (AvgIpc) is 1.99. The van der Waals surface area contributed by atoms with Crippen LogP contribution in [0.3, 0.4) is 0 Å². The first kappa shape index (κ1) is 11.6. The average molecular weight is 220 g/mol. The Kier molecular flexibility index (Phi) is 3.04. The van der Waals surface area contributed by atoms with Crippen LogP contribution in [0.4, 0.5) is 24.8 Å². The number of pyridine rings is 1. The molecule has 7 heteroatoms. The van der Waals surface area contributed by atoms with Crippen LogP contribution in [0.25, 0.3) is 0 Å². The molecule has 0 saturated carbocycles. The second-order valence-electron chi connectivity index (χ2n) is 3.17. The third-order valence-electron chi connectivity index (χ3n) is 1.51. The predicted octanol–water partition coefficient (Wildman–Crippen LogP) is 1.57. The zero-order valence-corrected chi connectivity index (χ0v) is 8.26. The maximum Gasteiger partial charge on any atom is 0.416 e. The number of rotatable bonds is 2. The van der Waals surface area contributed by atoms with Crippen LogP contribution in [0.15, 0.2) is 12.1 Å². The van der Waals surface area contributed by atoms with Crippen LogP contribution >= 0.6 is 0 Å². The van der Waals surface area contributed by atoms with Crippen molar-refractivity contribution in [3.63, 3.8) is 0 Å². The molecule has 1 aromatic heterocycles. The van der Waals surface area contributed by atoms with Gasteiger partial charge in [0.1, 0.15) is 11.6 Å². The molecule has 1 aromatic rings. The van der Waals surface area contributed by atoms with Crippen molar-refractivity contribution in [3.8, 4) is 0 Å². The molecule has 0 fully saturated rings. The number of halogens is 3. The number of nitrogens with one attached hydrogen (secondary N) is 1. The van der Waals surface area contributed by atoms with Crippen LogP contribution in [0.5, 0.6) is 0 Å². The summed E-state index contributed by atoms with van der Waals surface area (Å²) in [6.45, 7) is 0. The molecule has 0 bridgehead atoms. The lowest BCUT2D eigenvalue weighted by atomic mass is 10.2. The number of hydrogen-bond acceptors (Lipinski definition) is 4. The number of anilines is 2. The lowest BCUT2D eigenvalue weighted by molar-refractivity contribution is -0.137. The second-order valence-corrected chi connectivity index (χ2v) is 3.17. The SMILES string of the molecule is CN(C)Nc1cc(C(F)(F)F)cc(N)n1. The highest BCUT2D eigenvalue weighted by molar-refractivity contribution is 5.46. The first-order chi connectivity index (χ1) is 6.79. The van der Waals surface area contributed by atoms with Crippen LogP contribution in [0.1, 0.15) is 5.56 Å². The lowest BCUT2D eigenvalue weighted by Gasteiger charge is -2.15. The molecule has 0 unspecified atom stereocenters. The predicted molar refractivity (Wildman–Crippen MR) is 51.0 cm³/mol. The van der Waals surface area contributed by atoms with Crippen molar-refractivity contribution >= 4 is 11.6 Å². The molecule has 15 heavy (non-hydrogen) atoms. The van der Waals surface area contributed by atoms with Crippen LogP contribution < -0.4 is 11.2 Å². The van der Waals surface area contributed by atoms with E-state index in [0.717, 1.165) is 12.1 Å². The summed E-state index contributed by atoms with van der Waals surface area (Å²) in [5.41, 5.74) is 7.04. The molecule has 0 aliphatic heterocycles. The van der Waals surface area contributed by atoms with Crippen LogP contribution in [0.2, 0.25) is 0 Å².